The van der Waals surface area contributed by atoms with Gasteiger partial charge in [-0.25, -0.2) is 9.97 Å². The predicted molar refractivity (Wildman–Crippen MR) is 127 cm³/mol. The molecule has 4 heterocycles. The number of carbonyl (C=O) groups is 1. The average molecular weight is 437 g/mol. The first-order valence-electron chi connectivity index (χ1n) is 11.3. The van der Waals surface area contributed by atoms with Crippen molar-refractivity contribution in [2.24, 2.45) is 16.6 Å². The van der Waals surface area contributed by atoms with E-state index in [1.807, 2.05) is 31.4 Å². The first-order valence-corrected chi connectivity index (χ1v) is 11.3. The molecule has 9 nitrogen and oxygen atoms in total. The molecule has 3 N–H and O–H groups in total. The number of aliphatic imine (C=N–C) groups is 1. The van der Waals surface area contributed by atoms with Crippen LogP contribution in [0.3, 0.4) is 0 Å². The minimum Gasteiger partial charge on any atom is -0.369 e. The highest BCUT2D eigenvalue weighted by Crippen LogP contribution is 2.24. The van der Waals surface area contributed by atoms with Crippen molar-refractivity contribution in [3.8, 4) is 0 Å². The van der Waals surface area contributed by atoms with E-state index in [-0.39, 0.29) is 11.8 Å². The fourth-order valence-corrected chi connectivity index (χ4v) is 4.45. The summed E-state index contributed by atoms with van der Waals surface area (Å²) < 4.78 is 0. The lowest BCUT2D eigenvalue weighted by Crippen LogP contribution is -2.52. The van der Waals surface area contributed by atoms with Crippen molar-refractivity contribution in [2.45, 2.75) is 19.4 Å². The first kappa shape index (κ1) is 21.9. The zero-order chi connectivity index (χ0) is 22.3. The molecule has 2 aromatic heterocycles. The Morgan fingerprint density at radius 1 is 1.09 bits per heavy atom. The Kier molecular flexibility index (Phi) is 7.03. The lowest BCUT2D eigenvalue weighted by Gasteiger charge is -2.37. The van der Waals surface area contributed by atoms with Gasteiger partial charge in [0.05, 0.1) is 5.92 Å². The molecule has 2 aliphatic heterocycles. The van der Waals surface area contributed by atoms with Crippen molar-refractivity contribution in [3.05, 3.63) is 48.3 Å². The Labute approximate surface area is 189 Å². The summed E-state index contributed by atoms with van der Waals surface area (Å²) in [7, 11) is 1.82. The van der Waals surface area contributed by atoms with Gasteiger partial charge in [0.25, 0.3) is 0 Å². The van der Waals surface area contributed by atoms with Crippen molar-refractivity contribution in [2.75, 3.05) is 56.1 Å². The molecule has 9 heteroatoms. The van der Waals surface area contributed by atoms with Gasteiger partial charge in [0, 0.05) is 70.8 Å². The monoisotopic (exact) mass is 436 g/mol. The SMILES string of the molecule is CN=C(NCc1cccnc1N1CCCC(C(N)=O)C1)N1CCN(c2ccccn2)CC1. The highest BCUT2D eigenvalue weighted by molar-refractivity contribution is 5.80. The molecule has 2 aliphatic rings. The van der Waals surface area contributed by atoms with Gasteiger partial charge in [-0.05, 0) is 31.0 Å². The van der Waals surface area contributed by atoms with Crippen LogP contribution in [-0.4, -0.2) is 73.1 Å². The Hall–Kier alpha value is -3.36. The summed E-state index contributed by atoms with van der Waals surface area (Å²) in [5.41, 5.74) is 6.65. The van der Waals surface area contributed by atoms with Crippen LogP contribution in [0.4, 0.5) is 11.6 Å². The van der Waals surface area contributed by atoms with Crippen LogP contribution >= 0.6 is 0 Å². The number of nitrogens with one attached hydrogen (secondary N) is 1. The van der Waals surface area contributed by atoms with Gasteiger partial charge in [-0.1, -0.05) is 12.1 Å². The molecule has 1 unspecified atom stereocenters. The van der Waals surface area contributed by atoms with Crippen molar-refractivity contribution in [3.63, 3.8) is 0 Å². The minimum atomic E-state index is -0.226. The van der Waals surface area contributed by atoms with Crippen LogP contribution in [0.15, 0.2) is 47.7 Å². The van der Waals surface area contributed by atoms with Gasteiger partial charge in [-0.3, -0.25) is 9.79 Å². The van der Waals surface area contributed by atoms with Crippen molar-refractivity contribution in [1.82, 2.24) is 20.2 Å². The van der Waals surface area contributed by atoms with E-state index in [0.29, 0.717) is 13.1 Å². The lowest BCUT2D eigenvalue weighted by molar-refractivity contribution is -0.122. The molecule has 0 aliphatic carbocycles. The third-order valence-corrected chi connectivity index (χ3v) is 6.19. The smallest absolute Gasteiger partial charge is 0.222 e. The number of hydrogen-bond acceptors (Lipinski definition) is 6. The molecule has 0 spiro atoms. The summed E-state index contributed by atoms with van der Waals surface area (Å²) in [6.45, 7) is 5.69. The summed E-state index contributed by atoms with van der Waals surface area (Å²) >= 11 is 0. The molecule has 2 saturated heterocycles. The molecule has 32 heavy (non-hydrogen) atoms. The number of pyridine rings is 2. The molecule has 1 amide bonds. The maximum Gasteiger partial charge on any atom is 0.222 e. The van der Waals surface area contributed by atoms with Crippen molar-refractivity contribution in [1.29, 1.82) is 0 Å². The minimum absolute atomic E-state index is 0.116. The average Bonchev–Trinajstić information content (AvgIpc) is 2.85. The van der Waals surface area contributed by atoms with Crippen molar-refractivity contribution < 1.29 is 4.79 Å². The lowest BCUT2D eigenvalue weighted by atomic mass is 9.97. The summed E-state index contributed by atoms with van der Waals surface area (Å²) in [5.74, 6) is 2.48. The van der Waals surface area contributed by atoms with Crippen molar-refractivity contribution >= 4 is 23.5 Å². The second-order valence-electron chi connectivity index (χ2n) is 8.24. The van der Waals surface area contributed by atoms with Gasteiger partial charge < -0.3 is 25.8 Å². The maximum absolute atomic E-state index is 11.7. The summed E-state index contributed by atoms with van der Waals surface area (Å²) in [5, 5.41) is 3.51. The van der Waals surface area contributed by atoms with E-state index < -0.39 is 0 Å². The van der Waals surface area contributed by atoms with Gasteiger partial charge >= 0.3 is 0 Å². The quantitative estimate of drug-likeness (QED) is 0.534. The third kappa shape index (κ3) is 5.09. The van der Waals surface area contributed by atoms with Crippen LogP contribution in [-0.2, 0) is 11.3 Å². The molecule has 0 saturated carbocycles. The van der Waals surface area contributed by atoms with Gasteiger partial charge in [-0.15, -0.1) is 0 Å². The normalized spacial score (nSPS) is 19.7. The molecule has 170 valence electrons. The van der Waals surface area contributed by atoms with E-state index in [1.165, 1.54) is 0 Å². The number of primary amides is 1. The van der Waals surface area contributed by atoms with Crippen LogP contribution in [0.2, 0.25) is 0 Å². The fourth-order valence-electron chi connectivity index (χ4n) is 4.45. The Morgan fingerprint density at radius 3 is 2.62 bits per heavy atom. The second-order valence-corrected chi connectivity index (χ2v) is 8.24. The van der Waals surface area contributed by atoms with E-state index in [0.717, 1.165) is 68.7 Å². The highest BCUT2D eigenvalue weighted by Gasteiger charge is 2.26. The number of piperazine rings is 1. The van der Waals surface area contributed by atoms with Gasteiger partial charge in [0.15, 0.2) is 5.96 Å². The van der Waals surface area contributed by atoms with Crippen LogP contribution in [0.1, 0.15) is 18.4 Å². The van der Waals surface area contributed by atoms with Crippen LogP contribution < -0.4 is 20.9 Å². The third-order valence-electron chi connectivity index (χ3n) is 6.19. The van der Waals surface area contributed by atoms with Crippen LogP contribution in [0, 0.1) is 5.92 Å². The number of carbonyl (C=O) groups excluding carboxylic acids is 1. The standard InChI is InChI=1S/C23H32N8O/c1-25-23(30-14-12-29(13-15-30)20-8-2-3-9-26-20)28-16-18-6-4-10-27-22(18)31-11-5-7-19(17-31)21(24)32/h2-4,6,8-10,19H,5,7,11-17H2,1H3,(H2,24,32)(H,25,28). The predicted octanol–water partition coefficient (Wildman–Crippen LogP) is 1.08. The number of hydrogen-bond donors (Lipinski definition) is 2. The van der Waals surface area contributed by atoms with Gasteiger partial charge in [0.1, 0.15) is 11.6 Å². The molecular formula is C23H32N8O. The van der Waals surface area contributed by atoms with Crippen LogP contribution in [0.5, 0.6) is 0 Å². The molecule has 2 fully saturated rings. The fraction of sp³-hybridized carbons (Fsp3) is 0.478. The van der Waals surface area contributed by atoms with E-state index in [1.54, 1.807) is 6.20 Å². The number of nitrogens with zero attached hydrogens (tertiary/aromatic N) is 6. The van der Waals surface area contributed by atoms with E-state index in [4.69, 9.17) is 5.73 Å². The van der Waals surface area contributed by atoms with Gasteiger partial charge in [0.2, 0.25) is 5.91 Å². The molecule has 2 aromatic rings. The Balaban J connectivity index is 1.36. The summed E-state index contributed by atoms with van der Waals surface area (Å²) in [4.78, 5) is 32.0. The zero-order valence-electron chi connectivity index (χ0n) is 18.7. The number of aromatic nitrogens is 2. The molecule has 0 radical (unpaired) electrons. The van der Waals surface area contributed by atoms with Gasteiger partial charge in [-0.2, -0.15) is 0 Å². The van der Waals surface area contributed by atoms with Crippen LogP contribution in [0.25, 0.3) is 0 Å². The summed E-state index contributed by atoms with van der Waals surface area (Å²) in [6.07, 6.45) is 5.43. The second kappa shape index (κ2) is 10.3. The molecule has 1 atom stereocenters. The number of nitrogens with two attached hydrogens (primary N) is 1. The largest absolute Gasteiger partial charge is 0.369 e. The number of amides is 1. The van der Waals surface area contributed by atoms with E-state index in [9.17, 15) is 4.79 Å². The molecule has 4 rings (SSSR count). The number of piperidine rings is 1. The summed E-state index contributed by atoms with van der Waals surface area (Å²) in [6, 6.07) is 10.0. The molecule has 0 aromatic carbocycles. The topological polar surface area (TPSA) is 103 Å². The highest BCUT2D eigenvalue weighted by atomic mass is 16.1. The number of rotatable bonds is 5. The molecule has 0 bridgehead atoms. The zero-order valence-corrected chi connectivity index (χ0v) is 18.7. The van der Waals surface area contributed by atoms with E-state index >= 15 is 0 Å². The first-order chi connectivity index (χ1) is 15.7. The Morgan fingerprint density at radius 2 is 1.91 bits per heavy atom. The molecular weight excluding hydrogens is 404 g/mol. The maximum atomic E-state index is 11.7. The van der Waals surface area contributed by atoms with E-state index in [2.05, 4.69) is 47.1 Å². The number of guanidine groups is 1. The Bertz CT molecular complexity index is 927. The number of anilines is 2.